The van der Waals surface area contributed by atoms with E-state index in [1.807, 2.05) is 0 Å². The quantitative estimate of drug-likeness (QED) is 0.760. The molecule has 0 amide bonds. The summed E-state index contributed by atoms with van der Waals surface area (Å²) in [7, 11) is -0.809. The molecule has 19 heavy (non-hydrogen) atoms. The first-order valence-corrected chi connectivity index (χ1v) is 7.52. The van der Waals surface area contributed by atoms with E-state index < -0.39 is 10.8 Å². The molecule has 0 radical (unpaired) electrons. The highest BCUT2D eigenvalue weighted by Gasteiger charge is 2.11. The molecule has 0 aliphatic rings. The van der Waals surface area contributed by atoms with E-state index in [0.717, 1.165) is 12.0 Å². The van der Waals surface area contributed by atoms with Crippen LogP contribution in [0.25, 0.3) is 11.4 Å². The van der Waals surface area contributed by atoms with Gasteiger partial charge < -0.3 is 11.5 Å². The summed E-state index contributed by atoms with van der Waals surface area (Å²) in [5.41, 5.74) is 13.5. The Balaban J connectivity index is 2.21. The van der Waals surface area contributed by atoms with Crippen molar-refractivity contribution in [2.24, 2.45) is 0 Å². The topological polar surface area (TPSA) is 113 Å². The number of aryl methyl sites for hydroxylation is 1. The van der Waals surface area contributed by atoms with E-state index in [0.29, 0.717) is 29.5 Å². The molecule has 0 aliphatic carbocycles. The summed E-state index contributed by atoms with van der Waals surface area (Å²) in [5, 5.41) is 11.6. The summed E-state index contributed by atoms with van der Waals surface area (Å²) in [4.78, 5) is 0. The molecular weight excluding hydrogens is 264 g/mol. The maximum Gasteiger partial charge on any atom is 0.184 e. The molecule has 7 nitrogen and oxygen atoms in total. The molecule has 8 heteroatoms. The molecule has 1 aromatic carbocycles. The van der Waals surface area contributed by atoms with Crippen LogP contribution >= 0.6 is 0 Å². The molecule has 1 aromatic heterocycles. The zero-order valence-electron chi connectivity index (χ0n) is 10.6. The third kappa shape index (κ3) is 3.28. The fraction of sp³-hybridized carbons (Fsp3) is 0.364. The van der Waals surface area contributed by atoms with Crippen molar-refractivity contribution in [2.45, 2.75) is 13.0 Å². The SMILES string of the molecule is CS(=O)CCCn1nnnc1-c1ccc(N)cc1N. The Morgan fingerprint density at radius 3 is 2.84 bits per heavy atom. The number of nitrogens with zero attached hydrogens (tertiary/aromatic N) is 4. The van der Waals surface area contributed by atoms with Gasteiger partial charge in [0.25, 0.3) is 0 Å². The monoisotopic (exact) mass is 280 g/mol. The Morgan fingerprint density at radius 1 is 1.37 bits per heavy atom. The standard InChI is InChI=1S/C11H16N6OS/c1-19(18)6-2-5-17-11(14-15-16-17)9-4-3-8(12)7-10(9)13/h3-4,7H,2,5-6,12-13H2,1H3. The van der Waals surface area contributed by atoms with Crippen molar-refractivity contribution in [1.82, 2.24) is 20.2 Å². The van der Waals surface area contributed by atoms with Crippen LogP contribution in [-0.2, 0) is 17.3 Å². The Hall–Kier alpha value is -1.96. The van der Waals surface area contributed by atoms with E-state index in [4.69, 9.17) is 11.5 Å². The Labute approximate surface area is 113 Å². The second-order valence-electron chi connectivity index (χ2n) is 4.20. The maximum absolute atomic E-state index is 11.0. The van der Waals surface area contributed by atoms with Gasteiger partial charge >= 0.3 is 0 Å². The number of benzene rings is 1. The van der Waals surface area contributed by atoms with Crippen LogP contribution in [0.4, 0.5) is 11.4 Å². The third-order valence-corrected chi connectivity index (χ3v) is 3.51. The molecule has 0 fully saturated rings. The van der Waals surface area contributed by atoms with Crippen LogP contribution in [0.1, 0.15) is 6.42 Å². The number of tetrazole rings is 1. The summed E-state index contributed by atoms with van der Waals surface area (Å²) >= 11 is 0. The maximum atomic E-state index is 11.0. The molecule has 2 aromatic rings. The van der Waals surface area contributed by atoms with Crippen molar-refractivity contribution in [2.75, 3.05) is 23.5 Å². The van der Waals surface area contributed by atoms with Crippen molar-refractivity contribution < 1.29 is 4.21 Å². The molecule has 0 aliphatic heterocycles. The highest BCUT2D eigenvalue weighted by molar-refractivity contribution is 7.84. The van der Waals surface area contributed by atoms with Gasteiger partial charge in [-0.1, -0.05) is 0 Å². The van der Waals surface area contributed by atoms with Gasteiger partial charge in [-0.15, -0.1) is 5.10 Å². The van der Waals surface area contributed by atoms with Crippen molar-refractivity contribution in [1.29, 1.82) is 0 Å². The minimum atomic E-state index is -0.809. The number of nitrogen functional groups attached to an aromatic ring is 2. The van der Waals surface area contributed by atoms with Gasteiger partial charge in [-0.3, -0.25) is 4.21 Å². The number of anilines is 2. The van der Waals surface area contributed by atoms with Crippen LogP contribution in [0.5, 0.6) is 0 Å². The Bertz CT molecular complexity index is 597. The molecule has 0 saturated heterocycles. The van der Waals surface area contributed by atoms with Gasteiger partial charge in [-0.2, -0.15) is 0 Å². The lowest BCUT2D eigenvalue weighted by molar-refractivity contribution is 0.583. The van der Waals surface area contributed by atoms with Gasteiger partial charge in [-0.05, 0) is 35.0 Å². The van der Waals surface area contributed by atoms with Gasteiger partial charge in [-0.25, -0.2) is 4.68 Å². The molecule has 2 rings (SSSR count). The number of aromatic nitrogens is 4. The number of rotatable bonds is 5. The fourth-order valence-corrected chi connectivity index (χ4v) is 2.29. The molecule has 1 heterocycles. The highest BCUT2D eigenvalue weighted by Crippen LogP contribution is 2.25. The first-order chi connectivity index (χ1) is 9.08. The average molecular weight is 280 g/mol. The molecule has 102 valence electrons. The molecule has 1 unspecified atom stereocenters. The minimum absolute atomic E-state index is 0.537. The Morgan fingerprint density at radius 2 is 2.16 bits per heavy atom. The fourth-order valence-electron chi connectivity index (χ4n) is 1.75. The summed E-state index contributed by atoms with van der Waals surface area (Å²) in [5.74, 6) is 1.22. The van der Waals surface area contributed by atoms with Crippen LogP contribution in [0.3, 0.4) is 0 Å². The summed E-state index contributed by atoms with van der Waals surface area (Å²) in [6.07, 6.45) is 2.43. The lowest BCUT2D eigenvalue weighted by Gasteiger charge is -2.07. The first-order valence-electron chi connectivity index (χ1n) is 5.79. The highest BCUT2D eigenvalue weighted by atomic mass is 32.2. The van der Waals surface area contributed by atoms with E-state index >= 15 is 0 Å². The van der Waals surface area contributed by atoms with E-state index in [1.165, 1.54) is 0 Å². The van der Waals surface area contributed by atoms with Crippen molar-refractivity contribution in [3.8, 4) is 11.4 Å². The average Bonchev–Trinajstić information content (AvgIpc) is 2.77. The first kappa shape index (κ1) is 13.5. The van der Waals surface area contributed by atoms with Crippen molar-refractivity contribution >= 4 is 22.2 Å². The van der Waals surface area contributed by atoms with E-state index in [9.17, 15) is 4.21 Å². The second-order valence-corrected chi connectivity index (χ2v) is 5.76. The normalized spacial score (nSPS) is 12.5. The van der Waals surface area contributed by atoms with Gasteiger partial charge in [0.1, 0.15) is 0 Å². The lowest BCUT2D eigenvalue weighted by Crippen LogP contribution is -2.07. The van der Waals surface area contributed by atoms with Crippen LogP contribution in [0.2, 0.25) is 0 Å². The number of hydrogen-bond acceptors (Lipinski definition) is 6. The van der Waals surface area contributed by atoms with E-state index in [-0.39, 0.29) is 0 Å². The van der Waals surface area contributed by atoms with Crippen LogP contribution in [-0.4, -0.2) is 36.4 Å². The summed E-state index contributed by atoms with van der Waals surface area (Å²) in [6, 6.07) is 5.23. The molecule has 1 atom stereocenters. The van der Waals surface area contributed by atoms with Crippen LogP contribution in [0.15, 0.2) is 18.2 Å². The number of hydrogen-bond donors (Lipinski definition) is 2. The Kier molecular flexibility index (Phi) is 4.10. The molecule has 0 bridgehead atoms. The van der Waals surface area contributed by atoms with E-state index in [2.05, 4.69) is 15.5 Å². The summed E-state index contributed by atoms with van der Waals surface area (Å²) in [6.45, 7) is 0.603. The lowest BCUT2D eigenvalue weighted by atomic mass is 10.1. The molecular formula is C11H16N6OS. The van der Waals surface area contributed by atoms with Crippen molar-refractivity contribution in [3.05, 3.63) is 18.2 Å². The van der Waals surface area contributed by atoms with Gasteiger partial charge in [0.2, 0.25) is 0 Å². The van der Waals surface area contributed by atoms with Gasteiger partial charge in [0.15, 0.2) is 5.82 Å². The third-order valence-electron chi connectivity index (χ3n) is 2.65. The predicted molar refractivity (Wildman–Crippen MR) is 75.6 cm³/mol. The van der Waals surface area contributed by atoms with Gasteiger partial charge in [0.05, 0.1) is 0 Å². The van der Waals surface area contributed by atoms with E-state index in [1.54, 1.807) is 29.1 Å². The van der Waals surface area contributed by atoms with Crippen LogP contribution in [0, 0.1) is 0 Å². The van der Waals surface area contributed by atoms with Crippen LogP contribution < -0.4 is 11.5 Å². The van der Waals surface area contributed by atoms with Gasteiger partial charge in [0, 0.05) is 46.3 Å². The minimum Gasteiger partial charge on any atom is -0.399 e. The molecule has 4 N–H and O–H groups in total. The number of nitrogens with two attached hydrogens (primary N) is 2. The largest absolute Gasteiger partial charge is 0.399 e. The smallest absolute Gasteiger partial charge is 0.184 e. The zero-order chi connectivity index (χ0) is 13.8. The zero-order valence-corrected chi connectivity index (χ0v) is 11.4. The summed E-state index contributed by atoms with van der Waals surface area (Å²) < 4.78 is 12.7. The molecule has 0 spiro atoms. The molecule has 0 saturated carbocycles. The predicted octanol–water partition coefficient (Wildman–Crippen LogP) is 0.273. The second kappa shape index (κ2) is 5.79. The van der Waals surface area contributed by atoms with Crippen molar-refractivity contribution in [3.63, 3.8) is 0 Å².